The lowest BCUT2D eigenvalue weighted by atomic mass is 9.98. The fourth-order valence-corrected chi connectivity index (χ4v) is 4.15. The molecule has 146 valence electrons. The number of ether oxygens (including phenoxy) is 1. The Kier molecular flexibility index (Phi) is 6.01. The molecule has 1 saturated heterocycles. The molecule has 1 heterocycles. The van der Waals surface area contributed by atoms with Crippen LogP contribution in [0, 0.1) is 18.7 Å². The van der Waals surface area contributed by atoms with E-state index in [4.69, 9.17) is 4.74 Å². The average Bonchev–Trinajstić information content (AvgIpc) is 2.63. The largest absolute Gasteiger partial charge is 0.488 e. The zero-order valence-corrected chi connectivity index (χ0v) is 16.4. The van der Waals surface area contributed by atoms with E-state index in [1.807, 2.05) is 6.92 Å². The zero-order chi connectivity index (χ0) is 19.4. The molecule has 0 spiro atoms. The fourth-order valence-electron chi connectivity index (χ4n) is 3.09. The molecule has 3 rings (SSSR count). The van der Waals surface area contributed by atoms with Gasteiger partial charge in [0.05, 0.1) is 17.2 Å². The van der Waals surface area contributed by atoms with Crippen molar-refractivity contribution in [2.45, 2.75) is 24.7 Å². The van der Waals surface area contributed by atoms with Crippen molar-refractivity contribution in [1.29, 1.82) is 0 Å². The number of nitrogens with zero attached hydrogens (tertiary/aromatic N) is 1. The van der Waals surface area contributed by atoms with Crippen molar-refractivity contribution in [2.24, 2.45) is 5.92 Å². The van der Waals surface area contributed by atoms with Crippen LogP contribution in [0.2, 0.25) is 0 Å². The third kappa shape index (κ3) is 4.99. The average molecular weight is 392 g/mol. The first-order valence-corrected chi connectivity index (χ1v) is 10.5. The van der Waals surface area contributed by atoms with Crippen LogP contribution in [0.4, 0.5) is 10.1 Å². The molecule has 0 atom stereocenters. The number of anilines is 1. The van der Waals surface area contributed by atoms with Crippen LogP contribution < -0.4 is 9.46 Å². The van der Waals surface area contributed by atoms with Crippen molar-refractivity contribution in [2.75, 3.05) is 31.5 Å². The van der Waals surface area contributed by atoms with Crippen molar-refractivity contribution >= 4 is 15.7 Å². The molecule has 0 aromatic heterocycles. The van der Waals surface area contributed by atoms with E-state index in [9.17, 15) is 12.8 Å². The Bertz CT molecular complexity index is 877. The Labute approximate surface area is 160 Å². The van der Waals surface area contributed by atoms with Gasteiger partial charge in [-0.05, 0) is 70.1 Å². The Morgan fingerprint density at radius 3 is 2.48 bits per heavy atom. The standard InChI is InChI=1S/C20H25FN2O3S/c1-15-6-8-17(9-7-15)27(24,25)22-19-5-3-4-18(21)20(19)26-14-16-10-12-23(2)13-11-16/h3-9,16,22H,10-14H2,1-2H3. The minimum atomic E-state index is -3.82. The lowest BCUT2D eigenvalue weighted by Crippen LogP contribution is -2.32. The minimum absolute atomic E-state index is 0.0490. The summed E-state index contributed by atoms with van der Waals surface area (Å²) in [5, 5.41) is 0. The molecule has 0 bridgehead atoms. The van der Waals surface area contributed by atoms with Crippen molar-refractivity contribution in [3.63, 3.8) is 0 Å². The molecule has 5 nitrogen and oxygen atoms in total. The number of halogens is 1. The maximum atomic E-state index is 14.3. The van der Waals surface area contributed by atoms with Crippen LogP contribution in [0.25, 0.3) is 0 Å². The van der Waals surface area contributed by atoms with E-state index in [1.54, 1.807) is 12.1 Å². The fraction of sp³-hybridized carbons (Fsp3) is 0.400. The van der Waals surface area contributed by atoms with Crippen LogP contribution in [0.3, 0.4) is 0 Å². The van der Waals surface area contributed by atoms with Gasteiger partial charge < -0.3 is 9.64 Å². The van der Waals surface area contributed by atoms with Crippen molar-refractivity contribution in [3.8, 4) is 5.75 Å². The summed E-state index contributed by atoms with van der Waals surface area (Å²) in [4.78, 5) is 2.37. The van der Waals surface area contributed by atoms with Gasteiger partial charge in [0.1, 0.15) is 0 Å². The Balaban J connectivity index is 1.76. The summed E-state index contributed by atoms with van der Waals surface area (Å²) in [5.41, 5.74) is 1.07. The van der Waals surface area contributed by atoms with Gasteiger partial charge in [0.25, 0.3) is 10.0 Å². The van der Waals surface area contributed by atoms with Crippen LogP contribution >= 0.6 is 0 Å². The summed E-state index contributed by atoms with van der Waals surface area (Å²) in [6.07, 6.45) is 1.96. The normalized spacial score (nSPS) is 16.3. The molecule has 0 amide bonds. The number of hydrogen-bond acceptors (Lipinski definition) is 4. The molecule has 1 aliphatic rings. The number of rotatable bonds is 6. The first kappa shape index (κ1) is 19.6. The minimum Gasteiger partial charge on any atom is -0.488 e. The smallest absolute Gasteiger partial charge is 0.262 e. The van der Waals surface area contributed by atoms with E-state index in [1.165, 1.54) is 30.3 Å². The predicted octanol–water partition coefficient (Wildman–Crippen LogP) is 3.66. The SMILES string of the molecule is Cc1ccc(S(=O)(=O)Nc2cccc(F)c2OCC2CCN(C)CC2)cc1. The van der Waals surface area contributed by atoms with Gasteiger partial charge in [-0.2, -0.15) is 0 Å². The summed E-state index contributed by atoms with van der Waals surface area (Å²) in [7, 11) is -1.75. The number of piperidine rings is 1. The first-order valence-electron chi connectivity index (χ1n) is 9.04. The second-order valence-corrected chi connectivity index (χ2v) is 8.78. The molecule has 1 fully saturated rings. The first-order chi connectivity index (χ1) is 12.8. The van der Waals surface area contributed by atoms with E-state index in [-0.39, 0.29) is 16.3 Å². The highest BCUT2D eigenvalue weighted by Gasteiger charge is 2.21. The molecular formula is C20H25FN2O3S. The summed E-state index contributed by atoms with van der Waals surface area (Å²) >= 11 is 0. The van der Waals surface area contributed by atoms with Crippen LogP contribution in [0.5, 0.6) is 5.75 Å². The maximum absolute atomic E-state index is 14.3. The monoisotopic (exact) mass is 392 g/mol. The van der Waals surface area contributed by atoms with Gasteiger partial charge in [0.2, 0.25) is 0 Å². The van der Waals surface area contributed by atoms with E-state index < -0.39 is 15.8 Å². The Morgan fingerprint density at radius 2 is 1.81 bits per heavy atom. The van der Waals surface area contributed by atoms with Gasteiger partial charge in [-0.1, -0.05) is 23.8 Å². The predicted molar refractivity (Wildman–Crippen MR) is 104 cm³/mol. The number of sulfonamides is 1. The molecule has 2 aromatic rings. The Morgan fingerprint density at radius 1 is 1.15 bits per heavy atom. The van der Waals surface area contributed by atoms with E-state index in [0.29, 0.717) is 12.5 Å². The lowest BCUT2D eigenvalue weighted by molar-refractivity contribution is 0.157. The number of nitrogens with one attached hydrogen (secondary N) is 1. The van der Waals surface area contributed by atoms with E-state index in [2.05, 4.69) is 16.7 Å². The second kappa shape index (κ2) is 8.27. The van der Waals surface area contributed by atoms with Crippen LogP contribution in [-0.4, -0.2) is 40.1 Å². The second-order valence-electron chi connectivity index (χ2n) is 7.09. The molecular weight excluding hydrogens is 367 g/mol. The van der Waals surface area contributed by atoms with Crippen molar-refractivity contribution in [1.82, 2.24) is 4.90 Å². The molecule has 0 aliphatic carbocycles. The molecule has 2 aromatic carbocycles. The number of aryl methyl sites for hydroxylation is 1. The molecule has 1 N–H and O–H groups in total. The van der Waals surface area contributed by atoms with Crippen molar-refractivity contribution in [3.05, 3.63) is 53.8 Å². The quantitative estimate of drug-likeness (QED) is 0.815. The van der Waals surface area contributed by atoms with Crippen LogP contribution in [-0.2, 0) is 10.0 Å². The summed E-state index contributed by atoms with van der Waals surface area (Å²) < 4.78 is 47.8. The molecule has 0 radical (unpaired) electrons. The number of para-hydroxylation sites is 1. The van der Waals surface area contributed by atoms with Crippen LogP contribution in [0.15, 0.2) is 47.4 Å². The van der Waals surface area contributed by atoms with Crippen LogP contribution in [0.1, 0.15) is 18.4 Å². The van der Waals surface area contributed by atoms with Gasteiger partial charge in [0, 0.05) is 0 Å². The van der Waals surface area contributed by atoms with E-state index in [0.717, 1.165) is 31.5 Å². The molecule has 7 heteroatoms. The molecule has 0 unspecified atom stereocenters. The summed E-state index contributed by atoms with van der Waals surface area (Å²) in [5.74, 6) is -0.290. The third-order valence-electron chi connectivity index (χ3n) is 4.84. The van der Waals surface area contributed by atoms with Crippen molar-refractivity contribution < 1.29 is 17.5 Å². The van der Waals surface area contributed by atoms with E-state index >= 15 is 0 Å². The van der Waals surface area contributed by atoms with Gasteiger partial charge in [-0.25, -0.2) is 12.8 Å². The molecule has 27 heavy (non-hydrogen) atoms. The molecule has 0 saturated carbocycles. The highest BCUT2D eigenvalue weighted by Crippen LogP contribution is 2.31. The van der Waals surface area contributed by atoms with Gasteiger partial charge in [-0.3, -0.25) is 4.72 Å². The Hall–Kier alpha value is -2.12. The maximum Gasteiger partial charge on any atom is 0.262 e. The summed E-state index contributed by atoms with van der Waals surface area (Å²) in [6.45, 7) is 4.22. The summed E-state index contributed by atoms with van der Waals surface area (Å²) in [6, 6.07) is 10.7. The zero-order valence-electron chi connectivity index (χ0n) is 15.6. The van der Waals surface area contributed by atoms with Gasteiger partial charge in [0.15, 0.2) is 11.6 Å². The number of benzene rings is 2. The topological polar surface area (TPSA) is 58.6 Å². The highest BCUT2D eigenvalue weighted by atomic mass is 32.2. The number of likely N-dealkylation sites (tertiary alicyclic amines) is 1. The highest BCUT2D eigenvalue weighted by molar-refractivity contribution is 7.92. The number of hydrogen-bond donors (Lipinski definition) is 1. The van der Waals surface area contributed by atoms with Gasteiger partial charge in [-0.15, -0.1) is 0 Å². The van der Waals surface area contributed by atoms with Gasteiger partial charge >= 0.3 is 0 Å². The molecule has 1 aliphatic heterocycles. The third-order valence-corrected chi connectivity index (χ3v) is 6.23. The lowest BCUT2D eigenvalue weighted by Gasteiger charge is -2.29.